The molecule has 0 atom stereocenters. The minimum Gasteiger partial charge on any atom is -0.342 e. The van der Waals surface area contributed by atoms with E-state index >= 15 is 0 Å². The van der Waals surface area contributed by atoms with Crippen molar-refractivity contribution < 1.29 is 0 Å². The van der Waals surface area contributed by atoms with Crippen LogP contribution in [0.5, 0.6) is 0 Å². The third-order valence-corrected chi connectivity index (χ3v) is 4.56. The molecule has 0 amide bonds. The first-order valence-corrected chi connectivity index (χ1v) is 7.22. The van der Waals surface area contributed by atoms with Crippen molar-refractivity contribution in [3.05, 3.63) is 44.6 Å². The fourth-order valence-electron chi connectivity index (χ4n) is 1.98. The van der Waals surface area contributed by atoms with Gasteiger partial charge in [0.25, 0.3) is 0 Å². The zero-order valence-electron chi connectivity index (χ0n) is 10.0. The van der Waals surface area contributed by atoms with Gasteiger partial charge in [0.15, 0.2) is 0 Å². The standard InChI is InChI=1S/C14H13BrN2S/c1-8-2-4-10(5-3-8)13-16-12(9-6-7-9)11(15)14(18)17-13/h2-5,9H,6-7H2,1H3,(H,16,17,18). The van der Waals surface area contributed by atoms with E-state index in [1.165, 1.54) is 24.1 Å². The third-order valence-electron chi connectivity index (χ3n) is 3.20. The van der Waals surface area contributed by atoms with E-state index in [-0.39, 0.29) is 0 Å². The molecule has 1 aliphatic rings. The molecule has 0 radical (unpaired) electrons. The van der Waals surface area contributed by atoms with Gasteiger partial charge in [-0.05, 0) is 35.7 Å². The normalized spacial score (nSPS) is 14.8. The van der Waals surface area contributed by atoms with Gasteiger partial charge in [-0.2, -0.15) is 0 Å². The average Bonchev–Trinajstić information content (AvgIpc) is 3.18. The Morgan fingerprint density at radius 2 is 1.94 bits per heavy atom. The van der Waals surface area contributed by atoms with Crippen LogP contribution in [-0.2, 0) is 0 Å². The van der Waals surface area contributed by atoms with Crippen LogP contribution in [0.3, 0.4) is 0 Å². The van der Waals surface area contributed by atoms with Crippen molar-refractivity contribution in [2.45, 2.75) is 25.7 Å². The van der Waals surface area contributed by atoms with Gasteiger partial charge >= 0.3 is 0 Å². The highest BCUT2D eigenvalue weighted by Gasteiger charge is 2.27. The van der Waals surface area contributed by atoms with E-state index < -0.39 is 0 Å². The highest BCUT2D eigenvalue weighted by molar-refractivity contribution is 9.10. The fraction of sp³-hybridized carbons (Fsp3) is 0.286. The lowest BCUT2D eigenvalue weighted by Gasteiger charge is -2.08. The average molecular weight is 321 g/mol. The Morgan fingerprint density at radius 3 is 2.56 bits per heavy atom. The molecule has 1 heterocycles. The maximum atomic E-state index is 5.32. The molecule has 1 aliphatic carbocycles. The number of rotatable bonds is 2. The van der Waals surface area contributed by atoms with Crippen LogP contribution < -0.4 is 0 Å². The highest BCUT2D eigenvalue weighted by Crippen LogP contribution is 2.42. The number of hydrogen-bond donors (Lipinski definition) is 1. The van der Waals surface area contributed by atoms with Gasteiger partial charge in [-0.1, -0.05) is 42.0 Å². The van der Waals surface area contributed by atoms with Crippen LogP contribution in [0.1, 0.15) is 30.0 Å². The van der Waals surface area contributed by atoms with Gasteiger partial charge in [0.2, 0.25) is 0 Å². The Hall–Kier alpha value is -1.00. The van der Waals surface area contributed by atoms with E-state index in [4.69, 9.17) is 12.2 Å². The number of nitrogens with zero attached hydrogens (tertiary/aromatic N) is 1. The number of aromatic amines is 1. The van der Waals surface area contributed by atoms with Crippen LogP contribution in [-0.4, -0.2) is 9.97 Å². The number of hydrogen-bond acceptors (Lipinski definition) is 2. The first kappa shape index (κ1) is 12.1. The van der Waals surface area contributed by atoms with Gasteiger partial charge < -0.3 is 4.98 Å². The Balaban J connectivity index is 2.12. The van der Waals surface area contributed by atoms with Gasteiger partial charge in [0.1, 0.15) is 10.5 Å². The van der Waals surface area contributed by atoms with Crippen LogP contribution >= 0.6 is 28.1 Å². The summed E-state index contributed by atoms with van der Waals surface area (Å²) in [6.45, 7) is 2.08. The van der Waals surface area contributed by atoms with Crippen LogP contribution in [0, 0.1) is 11.6 Å². The minimum atomic E-state index is 0.619. The van der Waals surface area contributed by atoms with Crippen LogP contribution in [0.15, 0.2) is 28.7 Å². The second kappa shape index (κ2) is 4.59. The zero-order valence-corrected chi connectivity index (χ0v) is 12.4. The molecule has 1 N–H and O–H groups in total. The smallest absolute Gasteiger partial charge is 0.144 e. The van der Waals surface area contributed by atoms with Crippen LogP contribution in [0.4, 0.5) is 0 Å². The minimum absolute atomic E-state index is 0.619. The summed E-state index contributed by atoms with van der Waals surface area (Å²) in [5, 5.41) is 0. The summed E-state index contributed by atoms with van der Waals surface area (Å²) in [6.07, 6.45) is 2.47. The molecule has 0 aliphatic heterocycles. The van der Waals surface area contributed by atoms with E-state index in [9.17, 15) is 0 Å². The Labute approximate surface area is 120 Å². The van der Waals surface area contributed by atoms with Crippen molar-refractivity contribution in [3.63, 3.8) is 0 Å². The van der Waals surface area contributed by atoms with E-state index in [1.54, 1.807) is 0 Å². The van der Waals surface area contributed by atoms with Crippen molar-refractivity contribution in [1.82, 2.24) is 9.97 Å². The molecular formula is C14H13BrN2S. The molecule has 1 saturated carbocycles. The second-order valence-corrected chi connectivity index (χ2v) is 5.94. The molecule has 92 valence electrons. The van der Waals surface area contributed by atoms with Gasteiger partial charge in [-0.25, -0.2) is 4.98 Å². The fourth-order valence-corrected chi connectivity index (χ4v) is 2.69. The number of halogens is 1. The first-order valence-electron chi connectivity index (χ1n) is 6.02. The summed E-state index contributed by atoms with van der Waals surface area (Å²) >= 11 is 8.86. The van der Waals surface area contributed by atoms with Gasteiger partial charge in [0, 0.05) is 17.2 Å². The van der Waals surface area contributed by atoms with E-state index in [1.807, 2.05) is 0 Å². The van der Waals surface area contributed by atoms with Gasteiger partial charge in [-0.3, -0.25) is 0 Å². The van der Waals surface area contributed by atoms with Gasteiger partial charge in [0.05, 0.1) is 4.47 Å². The Kier molecular flexibility index (Phi) is 3.08. The van der Waals surface area contributed by atoms with Crippen molar-refractivity contribution in [2.75, 3.05) is 0 Å². The van der Waals surface area contributed by atoms with Crippen molar-refractivity contribution >= 4 is 28.1 Å². The van der Waals surface area contributed by atoms with Crippen LogP contribution in [0.25, 0.3) is 11.4 Å². The predicted molar refractivity (Wildman–Crippen MR) is 79.3 cm³/mol. The number of benzene rings is 1. The molecule has 1 aromatic carbocycles. The maximum absolute atomic E-state index is 5.32. The Bertz CT molecular complexity index is 642. The van der Waals surface area contributed by atoms with Gasteiger partial charge in [-0.15, -0.1) is 0 Å². The predicted octanol–water partition coefficient (Wildman–Crippen LogP) is 4.75. The molecule has 0 bridgehead atoms. The third kappa shape index (κ3) is 2.27. The number of nitrogens with one attached hydrogen (secondary N) is 1. The molecule has 0 spiro atoms. The molecule has 2 nitrogen and oxygen atoms in total. The Morgan fingerprint density at radius 1 is 1.28 bits per heavy atom. The molecule has 18 heavy (non-hydrogen) atoms. The van der Waals surface area contributed by atoms with Crippen molar-refractivity contribution in [2.24, 2.45) is 0 Å². The monoisotopic (exact) mass is 320 g/mol. The molecule has 4 heteroatoms. The van der Waals surface area contributed by atoms with E-state index in [2.05, 4.69) is 57.1 Å². The summed E-state index contributed by atoms with van der Waals surface area (Å²) in [5.41, 5.74) is 3.53. The quantitative estimate of drug-likeness (QED) is 0.808. The maximum Gasteiger partial charge on any atom is 0.144 e. The molecule has 2 aromatic rings. The van der Waals surface area contributed by atoms with E-state index in [0.29, 0.717) is 10.6 Å². The lowest BCUT2D eigenvalue weighted by Crippen LogP contribution is -1.97. The highest BCUT2D eigenvalue weighted by atomic mass is 79.9. The SMILES string of the molecule is Cc1ccc(-c2nc(=S)c(Br)c(C3CC3)[nH]2)cc1. The first-order chi connectivity index (χ1) is 8.65. The lowest BCUT2D eigenvalue weighted by atomic mass is 10.1. The number of aryl methyl sites for hydroxylation is 1. The second-order valence-electron chi connectivity index (χ2n) is 4.76. The topological polar surface area (TPSA) is 28.7 Å². The summed E-state index contributed by atoms with van der Waals surface area (Å²) in [4.78, 5) is 7.88. The van der Waals surface area contributed by atoms with Crippen molar-refractivity contribution in [1.29, 1.82) is 0 Å². The summed E-state index contributed by atoms with van der Waals surface area (Å²) in [5.74, 6) is 1.48. The summed E-state index contributed by atoms with van der Waals surface area (Å²) < 4.78 is 1.60. The van der Waals surface area contributed by atoms with E-state index in [0.717, 1.165) is 15.9 Å². The summed E-state index contributed by atoms with van der Waals surface area (Å²) in [6, 6.07) is 8.33. The van der Waals surface area contributed by atoms with Crippen molar-refractivity contribution in [3.8, 4) is 11.4 Å². The molecule has 1 aromatic heterocycles. The lowest BCUT2D eigenvalue weighted by molar-refractivity contribution is 0.973. The molecular weight excluding hydrogens is 308 g/mol. The molecule has 0 saturated heterocycles. The molecule has 1 fully saturated rings. The van der Waals surface area contributed by atoms with Crippen LogP contribution in [0.2, 0.25) is 0 Å². The number of H-pyrrole nitrogens is 1. The zero-order chi connectivity index (χ0) is 12.7. The summed E-state index contributed by atoms with van der Waals surface area (Å²) in [7, 11) is 0. The molecule has 0 unspecified atom stereocenters. The largest absolute Gasteiger partial charge is 0.342 e. The number of aromatic nitrogens is 2. The molecule has 3 rings (SSSR count).